The lowest BCUT2D eigenvalue weighted by Crippen LogP contribution is -2.37. The van der Waals surface area contributed by atoms with Gasteiger partial charge >= 0.3 is 0 Å². The highest BCUT2D eigenvalue weighted by Crippen LogP contribution is 2.28. The Kier molecular flexibility index (Phi) is 9.51. The largest absolute Gasteiger partial charge is 0.493 e. The smallest absolute Gasteiger partial charge is 0.255 e. The van der Waals surface area contributed by atoms with Crippen LogP contribution in [0.3, 0.4) is 0 Å². The van der Waals surface area contributed by atoms with Crippen molar-refractivity contribution in [3.8, 4) is 17.2 Å². The Bertz CT molecular complexity index is 838. The molecule has 7 heteroatoms. The van der Waals surface area contributed by atoms with E-state index in [9.17, 15) is 9.59 Å². The first-order valence-corrected chi connectivity index (χ1v) is 10.2. The molecule has 0 aliphatic rings. The Balaban J connectivity index is 1.81. The molecule has 0 saturated carbocycles. The number of hydrogen-bond donors (Lipinski definition) is 2. The van der Waals surface area contributed by atoms with Gasteiger partial charge in [0.05, 0.1) is 31.9 Å². The monoisotopic (exact) mass is 414 g/mol. The first kappa shape index (κ1) is 23.1. The van der Waals surface area contributed by atoms with Crippen LogP contribution in [-0.2, 0) is 11.2 Å². The van der Waals surface area contributed by atoms with Crippen molar-refractivity contribution in [2.45, 2.75) is 27.2 Å². The number of hydrogen-bond acceptors (Lipinski definition) is 5. The van der Waals surface area contributed by atoms with Crippen molar-refractivity contribution in [2.75, 3.05) is 32.9 Å². The minimum absolute atomic E-state index is 0.104. The zero-order valence-electron chi connectivity index (χ0n) is 17.8. The van der Waals surface area contributed by atoms with Gasteiger partial charge in [-0.25, -0.2) is 0 Å². The van der Waals surface area contributed by atoms with Crippen molar-refractivity contribution in [1.29, 1.82) is 0 Å². The highest BCUT2D eigenvalue weighted by Gasteiger charge is 2.13. The van der Waals surface area contributed by atoms with E-state index in [2.05, 4.69) is 10.6 Å². The number of benzene rings is 2. The summed E-state index contributed by atoms with van der Waals surface area (Å²) in [5, 5.41) is 5.44. The summed E-state index contributed by atoms with van der Waals surface area (Å²) in [7, 11) is 0. The fourth-order valence-electron chi connectivity index (χ4n) is 2.85. The topological polar surface area (TPSA) is 85.9 Å². The van der Waals surface area contributed by atoms with Gasteiger partial charge in [0.2, 0.25) is 5.91 Å². The highest BCUT2D eigenvalue weighted by atomic mass is 16.5. The third kappa shape index (κ3) is 6.99. The van der Waals surface area contributed by atoms with Gasteiger partial charge in [-0.2, -0.15) is 0 Å². The zero-order valence-corrected chi connectivity index (χ0v) is 17.8. The van der Waals surface area contributed by atoms with Crippen LogP contribution in [0, 0.1) is 0 Å². The molecule has 0 aliphatic heterocycles. The van der Waals surface area contributed by atoms with Crippen LogP contribution in [0.4, 0.5) is 0 Å². The lowest BCUT2D eigenvalue weighted by molar-refractivity contribution is -0.120. The molecule has 0 fully saturated rings. The van der Waals surface area contributed by atoms with E-state index in [0.29, 0.717) is 55.6 Å². The van der Waals surface area contributed by atoms with Crippen LogP contribution in [0.15, 0.2) is 42.5 Å². The molecule has 162 valence electrons. The Morgan fingerprint density at radius 1 is 0.800 bits per heavy atom. The molecule has 0 heterocycles. The zero-order chi connectivity index (χ0) is 21.8. The van der Waals surface area contributed by atoms with Gasteiger partial charge in [0, 0.05) is 6.54 Å². The van der Waals surface area contributed by atoms with E-state index >= 15 is 0 Å². The van der Waals surface area contributed by atoms with Gasteiger partial charge in [0.15, 0.2) is 11.5 Å². The maximum Gasteiger partial charge on any atom is 0.255 e. The molecule has 2 aromatic carbocycles. The Hall–Kier alpha value is -3.22. The third-order valence-electron chi connectivity index (χ3n) is 4.18. The van der Waals surface area contributed by atoms with E-state index < -0.39 is 0 Å². The SMILES string of the molecule is CCOc1ccc(CCNC(=O)CNC(=O)c2ccccc2OCC)cc1OCC. The Labute approximate surface area is 177 Å². The molecule has 2 aromatic rings. The van der Waals surface area contributed by atoms with Gasteiger partial charge in [0.25, 0.3) is 5.91 Å². The van der Waals surface area contributed by atoms with Crippen molar-refractivity contribution in [1.82, 2.24) is 10.6 Å². The van der Waals surface area contributed by atoms with Crippen LogP contribution in [0.5, 0.6) is 17.2 Å². The van der Waals surface area contributed by atoms with Gasteiger partial charge in [-0.05, 0) is 57.0 Å². The molecule has 0 atom stereocenters. The van der Waals surface area contributed by atoms with Crippen molar-refractivity contribution in [3.05, 3.63) is 53.6 Å². The Morgan fingerprint density at radius 2 is 1.47 bits per heavy atom. The van der Waals surface area contributed by atoms with Crippen molar-refractivity contribution < 1.29 is 23.8 Å². The highest BCUT2D eigenvalue weighted by molar-refractivity contribution is 5.98. The molecule has 0 spiro atoms. The lowest BCUT2D eigenvalue weighted by atomic mass is 10.1. The fourth-order valence-corrected chi connectivity index (χ4v) is 2.85. The van der Waals surface area contributed by atoms with Crippen LogP contribution in [0.2, 0.25) is 0 Å². The standard InChI is InChI=1S/C23H30N2O5/c1-4-28-19-10-8-7-9-18(19)23(27)25-16-22(26)24-14-13-17-11-12-20(29-5-2)21(15-17)30-6-3/h7-12,15H,4-6,13-14,16H2,1-3H3,(H,24,26)(H,25,27). The lowest BCUT2D eigenvalue weighted by Gasteiger charge is -2.13. The molecule has 0 saturated heterocycles. The summed E-state index contributed by atoms with van der Waals surface area (Å²) < 4.78 is 16.6. The summed E-state index contributed by atoms with van der Waals surface area (Å²) >= 11 is 0. The number of ether oxygens (including phenoxy) is 3. The molecule has 2 rings (SSSR count). The molecule has 0 unspecified atom stereocenters. The van der Waals surface area contributed by atoms with Gasteiger partial charge in [-0.1, -0.05) is 18.2 Å². The average Bonchev–Trinajstić information content (AvgIpc) is 2.75. The number of carbonyl (C=O) groups is 2. The molecule has 0 aliphatic carbocycles. The van der Waals surface area contributed by atoms with Crippen molar-refractivity contribution in [3.63, 3.8) is 0 Å². The molecule has 2 amide bonds. The first-order chi connectivity index (χ1) is 14.6. The molecule has 30 heavy (non-hydrogen) atoms. The minimum Gasteiger partial charge on any atom is -0.493 e. The van der Waals surface area contributed by atoms with Crippen LogP contribution < -0.4 is 24.8 Å². The second-order valence-electron chi connectivity index (χ2n) is 6.36. The summed E-state index contributed by atoms with van der Waals surface area (Å²) in [5.41, 5.74) is 1.43. The number of nitrogens with one attached hydrogen (secondary N) is 2. The van der Waals surface area contributed by atoms with E-state index in [4.69, 9.17) is 14.2 Å². The normalized spacial score (nSPS) is 10.2. The number of para-hydroxylation sites is 1. The summed E-state index contributed by atoms with van der Waals surface area (Å²) in [4.78, 5) is 24.4. The van der Waals surface area contributed by atoms with E-state index in [1.807, 2.05) is 39.0 Å². The molecule has 0 bridgehead atoms. The van der Waals surface area contributed by atoms with Crippen LogP contribution in [0.1, 0.15) is 36.7 Å². The van der Waals surface area contributed by atoms with Crippen LogP contribution in [0.25, 0.3) is 0 Å². The number of amides is 2. The second kappa shape index (κ2) is 12.4. The van der Waals surface area contributed by atoms with Crippen LogP contribution >= 0.6 is 0 Å². The van der Waals surface area contributed by atoms with Crippen molar-refractivity contribution in [2.24, 2.45) is 0 Å². The summed E-state index contributed by atoms with van der Waals surface area (Å²) in [5.74, 6) is 1.30. The molecule has 2 N–H and O–H groups in total. The predicted molar refractivity (Wildman–Crippen MR) is 115 cm³/mol. The fraction of sp³-hybridized carbons (Fsp3) is 0.391. The Morgan fingerprint density at radius 3 is 2.20 bits per heavy atom. The maximum atomic E-state index is 12.3. The van der Waals surface area contributed by atoms with E-state index in [-0.39, 0.29) is 18.4 Å². The summed E-state index contributed by atoms with van der Waals surface area (Å²) in [6, 6.07) is 12.7. The third-order valence-corrected chi connectivity index (χ3v) is 4.18. The molecule has 7 nitrogen and oxygen atoms in total. The van der Waals surface area contributed by atoms with Gasteiger partial charge in [-0.3, -0.25) is 9.59 Å². The summed E-state index contributed by atoms with van der Waals surface area (Å²) in [6.07, 6.45) is 0.638. The number of rotatable bonds is 12. The van der Waals surface area contributed by atoms with E-state index in [0.717, 1.165) is 5.56 Å². The molecule has 0 aromatic heterocycles. The van der Waals surface area contributed by atoms with E-state index in [1.165, 1.54) is 0 Å². The molecule has 0 radical (unpaired) electrons. The van der Waals surface area contributed by atoms with Gasteiger partial charge < -0.3 is 24.8 Å². The van der Waals surface area contributed by atoms with Gasteiger partial charge in [0.1, 0.15) is 5.75 Å². The minimum atomic E-state index is -0.345. The van der Waals surface area contributed by atoms with Crippen LogP contribution in [-0.4, -0.2) is 44.7 Å². The summed E-state index contributed by atoms with van der Waals surface area (Å²) in [6.45, 7) is 7.61. The second-order valence-corrected chi connectivity index (χ2v) is 6.36. The molecular weight excluding hydrogens is 384 g/mol. The predicted octanol–water partition coefficient (Wildman–Crippen LogP) is 2.97. The quantitative estimate of drug-likeness (QED) is 0.558. The molecular formula is C23H30N2O5. The van der Waals surface area contributed by atoms with Crippen molar-refractivity contribution >= 4 is 11.8 Å². The van der Waals surface area contributed by atoms with Gasteiger partial charge in [-0.15, -0.1) is 0 Å². The average molecular weight is 415 g/mol. The first-order valence-electron chi connectivity index (χ1n) is 10.2. The maximum absolute atomic E-state index is 12.3. The van der Waals surface area contributed by atoms with E-state index in [1.54, 1.807) is 24.3 Å². The number of carbonyl (C=O) groups excluding carboxylic acids is 2.